The second-order valence-corrected chi connectivity index (χ2v) is 7.09. The number of fused-ring (bicyclic) bond motifs is 3. The quantitative estimate of drug-likeness (QED) is 0.758. The first-order valence-electron chi connectivity index (χ1n) is 7.93. The summed E-state index contributed by atoms with van der Waals surface area (Å²) in [7, 11) is 1.67. The number of likely N-dealkylation sites (N-methyl/N-ethyl adjacent to an activating group) is 1. The lowest BCUT2D eigenvalue weighted by atomic mass is 10.1. The average Bonchev–Trinajstić information content (AvgIpc) is 2.50. The van der Waals surface area contributed by atoms with Crippen LogP contribution in [0.2, 0.25) is 0 Å². The van der Waals surface area contributed by atoms with Gasteiger partial charge in [-0.25, -0.2) is 4.79 Å². The van der Waals surface area contributed by atoms with Crippen molar-refractivity contribution in [3.05, 3.63) is 22.5 Å². The van der Waals surface area contributed by atoms with Crippen LogP contribution in [0.4, 0.5) is 16.3 Å². The molecule has 8 heteroatoms. The summed E-state index contributed by atoms with van der Waals surface area (Å²) in [5.41, 5.74) is -0.134. The number of anilines is 2. The second-order valence-electron chi connectivity index (χ2n) is 7.09. The van der Waals surface area contributed by atoms with E-state index >= 15 is 0 Å². The van der Waals surface area contributed by atoms with Crippen LogP contribution in [0, 0.1) is 0 Å². The Bertz CT molecular complexity index is 736. The van der Waals surface area contributed by atoms with Crippen LogP contribution >= 0.6 is 0 Å². The van der Waals surface area contributed by atoms with E-state index in [-0.39, 0.29) is 18.0 Å². The van der Waals surface area contributed by atoms with E-state index in [1.165, 1.54) is 11.0 Å². The van der Waals surface area contributed by atoms with Crippen molar-refractivity contribution in [3.8, 4) is 0 Å². The minimum atomic E-state index is -0.584. The maximum Gasteiger partial charge on any atom is 0.410 e. The number of hydrogen-bond donors (Lipinski definition) is 1. The van der Waals surface area contributed by atoms with Gasteiger partial charge in [-0.15, -0.1) is 0 Å². The fourth-order valence-corrected chi connectivity index (χ4v) is 3.04. The number of hydrogen-bond acceptors (Lipinski definition) is 5. The number of amides is 2. The zero-order chi connectivity index (χ0) is 17.6. The molecule has 1 saturated heterocycles. The lowest BCUT2D eigenvalue weighted by Crippen LogP contribution is -2.63. The number of nitrogens with zero attached hydrogens (tertiary/aromatic N) is 3. The number of nitrogens with one attached hydrogen (secondary N) is 1. The molecule has 0 spiro atoms. The standard InChI is InChI=1S/C16H22N4O4/c1-16(2,3)24-15(23)19-7-8-20-11(9-19)14(22)18(4)10-5-6-12(21)17-13(10)20/h5-6,11H,7-9H2,1-4H3,(H,17,21). The third-order valence-electron chi connectivity index (χ3n) is 4.17. The topological polar surface area (TPSA) is 86.0 Å². The number of aromatic amines is 1. The highest BCUT2D eigenvalue weighted by molar-refractivity contribution is 6.04. The summed E-state index contributed by atoms with van der Waals surface area (Å²) in [5, 5.41) is 0. The number of ether oxygens (including phenoxy) is 1. The largest absolute Gasteiger partial charge is 0.444 e. The predicted octanol–water partition coefficient (Wildman–Crippen LogP) is 0.777. The van der Waals surface area contributed by atoms with Crippen LogP contribution in [-0.4, -0.2) is 60.2 Å². The third kappa shape index (κ3) is 2.83. The molecule has 0 aliphatic carbocycles. The van der Waals surface area contributed by atoms with Gasteiger partial charge in [-0.3, -0.25) is 9.59 Å². The average molecular weight is 334 g/mol. The van der Waals surface area contributed by atoms with Crippen LogP contribution < -0.4 is 15.4 Å². The van der Waals surface area contributed by atoms with Gasteiger partial charge >= 0.3 is 6.09 Å². The molecule has 1 unspecified atom stereocenters. The lowest BCUT2D eigenvalue weighted by molar-refractivity contribution is -0.120. The number of pyridine rings is 1. The maximum absolute atomic E-state index is 12.7. The number of piperazine rings is 1. The Morgan fingerprint density at radius 3 is 2.62 bits per heavy atom. The first kappa shape index (κ1) is 16.4. The van der Waals surface area contributed by atoms with Crippen molar-refractivity contribution < 1.29 is 14.3 Å². The Labute approximate surface area is 140 Å². The summed E-state index contributed by atoms with van der Waals surface area (Å²) >= 11 is 0. The van der Waals surface area contributed by atoms with Crippen LogP contribution in [0.25, 0.3) is 0 Å². The van der Waals surface area contributed by atoms with Crippen molar-refractivity contribution in [1.29, 1.82) is 0 Å². The summed E-state index contributed by atoms with van der Waals surface area (Å²) in [6, 6.07) is 2.52. The van der Waals surface area contributed by atoms with Crippen LogP contribution in [0.1, 0.15) is 20.8 Å². The predicted molar refractivity (Wildman–Crippen MR) is 89.4 cm³/mol. The van der Waals surface area contributed by atoms with E-state index in [0.717, 1.165) is 0 Å². The van der Waals surface area contributed by atoms with Gasteiger partial charge in [0.25, 0.3) is 5.91 Å². The van der Waals surface area contributed by atoms with Gasteiger partial charge < -0.3 is 24.4 Å². The van der Waals surface area contributed by atoms with Gasteiger partial charge in [0.15, 0.2) is 0 Å². The molecule has 3 heterocycles. The monoisotopic (exact) mass is 334 g/mol. The molecule has 3 rings (SSSR count). The molecular weight excluding hydrogens is 312 g/mol. The van der Waals surface area contributed by atoms with Crippen molar-refractivity contribution in [2.75, 3.05) is 36.5 Å². The minimum absolute atomic E-state index is 0.109. The van der Waals surface area contributed by atoms with Gasteiger partial charge in [0.05, 0.1) is 12.2 Å². The highest BCUT2D eigenvalue weighted by atomic mass is 16.6. The van der Waals surface area contributed by atoms with Crippen molar-refractivity contribution in [2.45, 2.75) is 32.4 Å². The molecule has 2 aliphatic rings. The van der Waals surface area contributed by atoms with Gasteiger partial charge in [0, 0.05) is 26.2 Å². The molecular formula is C16H22N4O4. The molecule has 24 heavy (non-hydrogen) atoms. The van der Waals surface area contributed by atoms with Crippen LogP contribution in [0.5, 0.6) is 0 Å². The van der Waals surface area contributed by atoms with Gasteiger partial charge in [0.1, 0.15) is 17.5 Å². The van der Waals surface area contributed by atoms with Crippen LogP contribution in [0.15, 0.2) is 16.9 Å². The third-order valence-corrected chi connectivity index (χ3v) is 4.17. The Morgan fingerprint density at radius 2 is 1.96 bits per heavy atom. The second kappa shape index (κ2) is 5.54. The Hall–Kier alpha value is -2.51. The summed E-state index contributed by atoms with van der Waals surface area (Å²) in [6.45, 7) is 6.54. The summed E-state index contributed by atoms with van der Waals surface area (Å²) in [4.78, 5) is 44.3. The van der Waals surface area contributed by atoms with E-state index in [1.54, 1.807) is 18.0 Å². The zero-order valence-corrected chi connectivity index (χ0v) is 14.3. The SMILES string of the molecule is CN1C(=O)C2CN(C(=O)OC(C)(C)C)CCN2c2[nH]c(=O)ccc21. The van der Waals surface area contributed by atoms with Gasteiger partial charge in [0.2, 0.25) is 5.56 Å². The van der Waals surface area contributed by atoms with Gasteiger partial charge in [-0.05, 0) is 26.8 Å². The molecule has 0 saturated carbocycles. The zero-order valence-electron chi connectivity index (χ0n) is 14.3. The van der Waals surface area contributed by atoms with Crippen molar-refractivity contribution in [3.63, 3.8) is 0 Å². The molecule has 0 aromatic carbocycles. The first-order chi connectivity index (χ1) is 11.2. The van der Waals surface area contributed by atoms with E-state index < -0.39 is 17.7 Å². The summed E-state index contributed by atoms with van der Waals surface area (Å²) in [6.07, 6.45) is -0.426. The molecule has 130 valence electrons. The first-order valence-corrected chi connectivity index (χ1v) is 7.93. The highest BCUT2D eigenvalue weighted by Gasteiger charge is 2.42. The number of aromatic nitrogens is 1. The minimum Gasteiger partial charge on any atom is -0.444 e. The maximum atomic E-state index is 12.7. The Kier molecular flexibility index (Phi) is 3.77. The Balaban J connectivity index is 1.86. The van der Waals surface area contributed by atoms with Crippen LogP contribution in [-0.2, 0) is 9.53 Å². The molecule has 1 aromatic rings. The molecule has 1 atom stereocenters. The number of H-pyrrole nitrogens is 1. The van der Waals surface area contributed by atoms with Gasteiger partial charge in [-0.2, -0.15) is 0 Å². The fourth-order valence-electron chi connectivity index (χ4n) is 3.04. The Morgan fingerprint density at radius 1 is 1.25 bits per heavy atom. The van der Waals surface area contributed by atoms with E-state index in [2.05, 4.69) is 4.98 Å². The van der Waals surface area contributed by atoms with Crippen LogP contribution in [0.3, 0.4) is 0 Å². The highest BCUT2D eigenvalue weighted by Crippen LogP contribution is 2.34. The number of carbonyl (C=O) groups excluding carboxylic acids is 2. The number of carbonyl (C=O) groups is 2. The van der Waals surface area contributed by atoms with Crippen molar-refractivity contribution in [2.24, 2.45) is 0 Å². The van der Waals surface area contributed by atoms with E-state index in [1.807, 2.05) is 25.7 Å². The van der Waals surface area contributed by atoms with Crippen molar-refractivity contribution >= 4 is 23.5 Å². The summed E-state index contributed by atoms with van der Waals surface area (Å²) < 4.78 is 5.39. The molecule has 0 radical (unpaired) electrons. The number of rotatable bonds is 0. The fraction of sp³-hybridized carbons (Fsp3) is 0.562. The normalized spacial score (nSPS) is 20.6. The lowest BCUT2D eigenvalue weighted by Gasteiger charge is -2.46. The van der Waals surface area contributed by atoms with E-state index in [0.29, 0.717) is 24.6 Å². The van der Waals surface area contributed by atoms with E-state index in [4.69, 9.17) is 4.74 Å². The van der Waals surface area contributed by atoms with E-state index in [9.17, 15) is 14.4 Å². The molecule has 2 amide bonds. The van der Waals surface area contributed by atoms with Gasteiger partial charge in [-0.1, -0.05) is 0 Å². The van der Waals surface area contributed by atoms with Crippen molar-refractivity contribution in [1.82, 2.24) is 9.88 Å². The molecule has 0 bridgehead atoms. The molecule has 2 aliphatic heterocycles. The molecule has 1 fully saturated rings. The summed E-state index contributed by atoms with van der Waals surface area (Å²) in [5.74, 6) is 0.515. The smallest absolute Gasteiger partial charge is 0.410 e. The molecule has 1 N–H and O–H groups in total. The molecule has 8 nitrogen and oxygen atoms in total. The molecule has 1 aromatic heterocycles.